The zero-order chi connectivity index (χ0) is 14.7. The Balaban J connectivity index is 2.19. The summed E-state index contributed by atoms with van der Waals surface area (Å²) in [5.74, 6) is 3.70. The van der Waals surface area contributed by atoms with Gasteiger partial charge in [0.05, 0.1) is 0 Å². The molecule has 0 N–H and O–H groups in total. The van der Waals surface area contributed by atoms with Gasteiger partial charge in [0.1, 0.15) is 0 Å². The van der Waals surface area contributed by atoms with Gasteiger partial charge in [-0.3, -0.25) is 0 Å². The summed E-state index contributed by atoms with van der Waals surface area (Å²) < 4.78 is 0. The maximum atomic E-state index is 4.50. The number of allylic oxidation sites excluding steroid dienone is 2. The van der Waals surface area contributed by atoms with Crippen LogP contribution in [0.2, 0.25) is 0 Å². The second kappa shape index (κ2) is 4.24. The molecular weight excluding hydrogens is 228 g/mol. The van der Waals surface area contributed by atoms with E-state index in [1.54, 1.807) is 0 Å². The molecule has 0 heterocycles. The summed E-state index contributed by atoms with van der Waals surface area (Å²) in [5.41, 5.74) is 3.72. The van der Waals surface area contributed by atoms with Crippen molar-refractivity contribution in [3.8, 4) is 0 Å². The average molecular weight is 260 g/mol. The van der Waals surface area contributed by atoms with Crippen molar-refractivity contribution < 1.29 is 0 Å². The summed E-state index contributed by atoms with van der Waals surface area (Å²) in [7, 11) is 0. The first-order valence-electron chi connectivity index (χ1n) is 7.83. The highest BCUT2D eigenvalue weighted by Gasteiger charge is 2.67. The van der Waals surface area contributed by atoms with Crippen molar-refractivity contribution in [3.05, 3.63) is 24.3 Å². The highest BCUT2D eigenvalue weighted by Crippen LogP contribution is 2.73. The van der Waals surface area contributed by atoms with E-state index < -0.39 is 0 Å². The van der Waals surface area contributed by atoms with Gasteiger partial charge >= 0.3 is 0 Å². The quantitative estimate of drug-likeness (QED) is 0.570. The van der Waals surface area contributed by atoms with Crippen LogP contribution >= 0.6 is 0 Å². The maximum absolute atomic E-state index is 4.50. The van der Waals surface area contributed by atoms with E-state index in [0.717, 1.165) is 11.8 Å². The third kappa shape index (κ3) is 2.22. The van der Waals surface area contributed by atoms with Gasteiger partial charge in [-0.25, -0.2) is 0 Å². The van der Waals surface area contributed by atoms with Gasteiger partial charge in [-0.2, -0.15) is 0 Å². The van der Waals surface area contributed by atoms with Crippen LogP contribution < -0.4 is 0 Å². The molecule has 0 heteroatoms. The predicted octanol–water partition coefficient (Wildman–Crippen LogP) is 5.71. The van der Waals surface area contributed by atoms with Crippen molar-refractivity contribution in [3.63, 3.8) is 0 Å². The average Bonchev–Trinajstić information content (AvgIpc) is 2.65. The van der Waals surface area contributed by atoms with E-state index in [2.05, 4.69) is 61.6 Å². The lowest BCUT2D eigenvalue weighted by Crippen LogP contribution is -2.27. The summed E-state index contributed by atoms with van der Waals surface area (Å²) in [6.45, 7) is 25.2. The Hall–Kier alpha value is -0.520. The summed E-state index contributed by atoms with van der Waals surface area (Å²) in [6, 6.07) is 0. The molecule has 2 saturated carbocycles. The van der Waals surface area contributed by atoms with E-state index in [-0.39, 0.29) is 0 Å². The molecular formula is C19H32. The summed E-state index contributed by atoms with van der Waals surface area (Å²) in [5, 5.41) is 0. The highest BCUT2D eigenvalue weighted by atomic mass is 14.7. The molecule has 0 nitrogen and oxygen atoms in total. The summed E-state index contributed by atoms with van der Waals surface area (Å²) in [6.07, 6.45) is 1.34. The Morgan fingerprint density at radius 2 is 1.74 bits per heavy atom. The van der Waals surface area contributed by atoms with Crippen LogP contribution in [-0.4, -0.2) is 0 Å². The monoisotopic (exact) mass is 260 g/mol. The van der Waals surface area contributed by atoms with Crippen LogP contribution in [0.25, 0.3) is 0 Å². The Morgan fingerprint density at radius 3 is 2.16 bits per heavy atom. The lowest BCUT2D eigenvalue weighted by Gasteiger charge is -2.36. The Kier molecular flexibility index (Phi) is 3.32. The minimum atomic E-state index is 0.318. The summed E-state index contributed by atoms with van der Waals surface area (Å²) in [4.78, 5) is 0. The molecule has 0 aliphatic heterocycles. The molecule has 0 bridgehead atoms. The molecule has 2 rings (SSSR count). The number of hydrogen-bond donors (Lipinski definition) is 0. The Morgan fingerprint density at radius 1 is 1.21 bits per heavy atom. The van der Waals surface area contributed by atoms with E-state index in [0.29, 0.717) is 28.6 Å². The lowest BCUT2D eigenvalue weighted by atomic mass is 9.68. The standard InChI is InChI=1S/C19H32/c1-11(2)16-14(10-15-17(16)19(15,8)9)12(3)13(4)18(5,6)7/h13-17H,1,3,10H2,2,4-9H3. The minimum Gasteiger partial charge on any atom is -0.0998 e. The molecule has 0 radical (unpaired) electrons. The van der Waals surface area contributed by atoms with Crippen molar-refractivity contribution in [1.82, 2.24) is 0 Å². The fourth-order valence-corrected chi connectivity index (χ4v) is 4.53. The van der Waals surface area contributed by atoms with E-state index in [1.165, 1.54) is 17.6 Å². The van der Waals surface area contributed by atoms with Crippen molar-refractivity contribution in [2.75, 3.05) is 0 Å². The second-order valence-electron chi connectivity index (χ2n) is 8.83. The largest absolute Gasteiger partial charge is 0.0998 e. The van der Waals surface area contributed by atoms with Gasteiger partial charge in [-0.1, -0.05) is 65.8 Å². The molecule has 108 valence electrons. The number of fused-ring (bicyclic) bond motifs is 1. The highest BCUT2D eigenvalue weighted by molar-refractivity contribution is 5.28. The molecule has 19 heavy (non-hydrogen) atoms. The van der Waals surface area contributed by atoms with E-state index in [1.807, 2.05) is 0 Å². The SMILES string of the molecule is C=C(C)C1C(C(=C)C(C)C(C)(C)C)CC2C1C2(C)C. The smallest absolute Gasteiger partial charge is 0.0107 e. The first-order valence-corrected chi connectivity index (χ1v) is 7.83. The van der Waals surface area contributed by atoms with Gasteiger partial charge < -0.3 is 0 Å². The first kappa shape index (κ1) is 14.9. The third-order valence-electron chi connectivity index (χ3n) is 6.37. The zero-order valence-electron chi connectivity index (χ0n) is 14.0. The molecule has 2 aliphatic carbocycles. The van der Waals surface area contributed by atoms with E-state index in [9.17, 15) is 0 Å². The number of hydrogen-bond acceptors (Lipinski definition) is 0. The van der Waals surface area contributed by atoms with E-state index in [4.69, 9.17) is 0 Å². The van der Waals surface area contributed by atoms with Crippen LogP contribution in [0.5, 0.6) is 0 Å². The second-order valence-corrected chi connectivity index (χ2v) is 8.83. The third-order valence-corrected chi connectivity index (χ3v) is 6.37. The van der Waals surface area contributed by atoms with Gasteiger partial charge in [-0.05, 0) is 53.8 Å². The normalized spacial score (nSPS) is 37.6. The van der Waals surface area contributed by atoms with Crippen LogP contribution in [0.4, 0.5) is 0 Å². The van der Waals surface area contributed by atoms with Gasteiger partial charge in [0, 0.05) is 0 Å². The Labute approximate surface area is 120 Å². The van der Waals surface area contributed by atoms with Crippen molar-refractivity contribution in [2.45, 2.75) is 54.9 Å². The zero-order valence-corrected chi connectivity index (χ0v) is 14.0. The van der Waals surface area contributed by atoms with Crippen molar-refractivity contribution >= 4 is 0 Å². The molecule has 0 amide bonds. The fraction of sp³-hybridized carbons (Fsp3) is 0.789. The molecule has 0 aromatic heterocycles. The Bertz CT molecular complexity index is 404. The van der Waals surface area contributed by atoms with Gasteiger partial charge in [-0.15, -0.1) is 0 Å². The molecule has 5 unspecified atom stereocenters. The first-order chi connectivity index (χ1) is 8.49. The molecule has 0 spiro atoms. The van der Waals surface area contributed by atoms with Gasteiger partial charge in [0.2, 0.25) is 0 Å². The topological polar surface area (TPSA) is 0 Å². The molecule has 0 saturated heterocycles. The molecule has 2 fully saturated rings. The maximum Gasteiger partial charge on any atom is -0.0107 e. The van der Waals surface area contributed by atoms with Gasteiger partial charge in [0.25, 0.3) is 0 Å². The minimum absolute atomic E-state index is 0.318. The molecule has 2 aliphatic rings. The lowest BCUT2D eigenvalue weighted by molar-refractivity contribution is 0.250. The van der Waals surface area contributed by atoms with Crippen molar-refractivity contribution in [2.24, 2.45) is 40.4 Å². The van der Waals surface area contributed by atoms with Crippen LogP contribution in [0.15, 0.2) is 24.3 Å². The van der Waals surface area contributed by atoms with Crippen LogP contribution in [0.3, 0.4) is 0 Å². The van der Waals surface area contributed by atoms with Crippen LogP contribution in [0, 0.1) is 40.4 Å². The van der Waals surface area contributed by atoms with Gasteiger partial charge in [0.15, 0.2) is 0 Å². The van der Waals surface area contributed by atoms with Crippen molar-refractivity contribution in [1.29, 1.82) is 0 Å². The molecule has 5 atom stereocenters. The fourth-order valence-electron chi connectivity index (χ4n) is 4.53. The van der Waals surface area contributed by atoms with Crippen LogP contribution in [-0.2, 0) is 0 Å². The predicted molar refractivity (Wildman–Crippen MR) is 84.9 cm³/mol. The molecule has 0 aromatic rings. The van der Waals surface area contributed by atoms with Crippen LogP contribution in [0.1, 0.15) is 54.9 Å². The van der Waals surface area contributed by atoms with E-state index >= 15 is 0 Å². The number of rotatable bonds is 3. The summed E-state index contributed by atoms with van der Waals surface area (Å²) >= 11 is 0. The molecule has 0 aromatic carbocycles.